The smallest absolute Gasteiger partial charge is 0.323 e. The van der Waals surface area contributed by atoms with Gasteiger partial charge in [0.2, 0.25) is 0 Å². The number of carbonyl (C=O) groups is 2. The van der Waals surface area contributed by atoms with Crippen molar-refractivity contribution in [2.24, 2.45) is 35.0 Å². The first-order valence-electron chi connectivity index (χ1n) is 8.42. The van der Waals surface area contributed by atoms with E-state index < -0.39 is 17.4 Å². The van der Waals surface area contributed by atoms with E-state index in [-0.39, 0.29) is 29.3 Å². The molecule has 0 amide bonds. The Bertz CT molecular complexity index is 462. The van der Waals surface area contributed by atoms with Gasteiger partial charge in [0.05, 0.1) is 26.4 Å². The highest BCUT2D eigenvalue weighted by molar-refractivity contribution is 6.01. The van der Waals surface area contributed by atoms with Crippen molar-refractivity contribution in [2.45, 2.75) is 46.6 Å². The summed E-state index contributed by atoms with van der Waals surface area (Å²) < 4.78 is 16.1. The van der Waals surface area contributed by atoms with Crippen LogP contribution < -0.4 is 0 Å². The zero-order valence-electron chi connectivity index (χ0n) is 15.3. The molecule has 5 unspecified atom stereocenters. The van der Waals surface area contributed by atoms with Crippen LogP contribution in [-0.2, 0) is 23.8 Å². The van der Waals surface area contributed by atoms with Crippen molar-refractivity contribution in [1.29, 1.82) is 0 Å². The van der Waals surface area contributed by atoms with Crippen molar-refractivity contribution in [3.8, 4) is 0 Å². The Kier molecular flexibility index (Phi) is 4.82. The van der Waals surface area contributed by atoms with Gasteiger partial charge in [0.25, 0.3) is 0 Å². The van der Waals surface area contributed by atoms with Crippen LogP contribution in [0.5, 0.6) is 0 Å². The van der Waals surface area contributed by atoms with Gasteiger partial charge in [-0.25, -0.2) is 0 Å². The van der Waals surface area contributed by atoms with Crippen LogP contribution in [0.25, 0.3) is 0 Å². The fourth-order valence-electron chi connectivity index (χ4n) is 4.84. The number of fused-ring (bicyclic) bond motifs is 2. The standard InChI is InChI=1S/C18H30O5/c1-10-11(2)13-8-12(10)14(9-23-17(3,4)5)18(13,15(19)21-6)16(20)22-7/h10-14H,8-9H2,1-7H3. The van der Waals surface area contributed by atoms with E-state index in [0.717, 1.165) is 6.42 Å². The van der Waals surface area contributed by atoms with Crippen molar-refractivity contribution in [3.05, 3.63) is 0 Å². The quantitative estimate of drug-likeness (QED) is 0.587. The lowest BCUT2D eigenvalue weighted by Crippen LogP contribution is -2.56. The Balaban J connectivity index is 2.45. The second kappa shape index (κ2) is 6.08. The molecule has 2 aliphatic rings. The van der Waals surface area contributed by atoms with Crippen molar-refractivity contribution in [1.82, 2.24) is 0 Å². The molecule has 2 saturated carbocycles. The average molecular weight is 326 g/mol. The minimum atomic E-state index is -1.23. The Labute approximate surface area is 139 Å². The maximum atomic E-state index is 12.7. The molecular formula is C18H30O5. The molecule has 0 N–H and O–H groups in total. The van der Waals surface area contributed by atoms with Gasteiger partial charge in [-0.05, 0) is 50.9 Å². The summed E-state index contributed by atoms with van der Waals surface area (Å²) >= 11 is 0. The summed E-state index contributed by atoms with van der Waals surface area (Å²) in [7, 11) is 2.68. The first kappa shape index (κ1) is 18.2. The van der Waals surface area contributed by atoms with Crippen LogP contribution in [0, 0.1) is 35.0 Å². The van der Waals surface area contributed by atoms with Gasteiger partial charge in [0.1, 0.15) is 0 Å². The lowest BCUT2D eigenvalue weighted by atomic mass is 9.60. The van der Waals surface area contributed by atoms with Gasteiger partial charge in [0.15, 0.2) is 5.41 Å². The third-order valence-corrected chi connectivity index (χ3v) is 6.09. The second-order valence-electron chi connectivity index (χ2n) is 8.11. The van der Waals surface area contributed by atoms with Crippen molar-refractivity contribution in [2.75, 3.05) is 20.8 Å². The molecule has 2 aliphatic carbocycles. The Morgan fingerprint density at radius 3 is 2.00 bits per heavy atom. The van der Waals surface area contributed by atoms with Gasteiger partial charge in [-0.1, -0.05) is 13.8 Å². The highest BCUT2D eigenvalue weighted by Crippen LogP contribution is 2.65. The van der Waals surface area contributed by atoms with Gasteiger partial charge in [0, 0.05) is 5.92 Å². The van der Waals surface area contributed by atoms with E-state index in [1.807, 2.05) is 20.8 Å². The molecule has 2 bridgehead atoms. The van der Waals surface area contributed by atoms with Crippen LogP contribution in [0.4, 0.5) is 0 Å². The van der Waals surface area contributed by atoms with Crippen LogP contribution in [0.2, 0.25) is 0 Å². The SMILES string of the molecule is COC(=O)C1(C(=O)OC)C2CC(C(C)C2C)C1COC(C)(C)C. The van der Waals surface area contributed by atoms with Crippen molar-refractivity contribution in [3.63, 3.8) is 0 Å². The molecule has 0 aliphatic heterocycles. The molecular weight excluding hydrogens is 296 g/mol. The molecule has 132 valence electrons. The van der Waals surface area contributed by atoms with E-state index in [2.05, 4.69) is 13.8 Å². The van der Waals surface area contributed by atoms with E-state index >= 15 is 0 Å². The predicted molar refractivity (Wildman–Crippen MR) is 85.6 cm³/mol. The Hall–Kier alpha value is -1.10. The maximum absolute atomic E-state index is 12.7. The topological polar surface area (TPSA) is 61.8 Å². The molecule has 0 aromatic rings. The molecule has 0 aromatic heterocycles. The summed E-state index contributed by atoms with van der Waals surface area (Å²) in [4.78, 5) is 25.5. The van der Waals surface area contributed by atoms with Gasteiger partial charge >= 0.3 is 11.9 Å². The van der Waals surface area contributed by atoms with Crippen molar-refractivity contribution < 1.29 is 23.8 Å². The first-order chi connectivity index (χ1) is 10.6. The van der Waals surface area contributed by atoms with Crippen LogP contribution in [0.15, 0.2) is 0 Å². The molecule has 0 heterocycles. The normalized spacial score (nSPS) is 35.2. The summed E-state index contributed by atoms with van der Waals surface area (Å²) in [5, 5.41) is 0. The fourth-order valence-corrected chi connectivity index (χ4v) is 4.84. The van der Waals surface area contributed by atoms with Crippen LogP contribution in [0.1, 0.15) is 41.0 Å². The number of rotatable bonds is 4. The second-order valence-corrected chi connectivity index (χ2v) is 8.11. The van der Waals surface area contributed by atoms with Crippen LogP contribution in [0.3, 0.4) is 0 Å². The van der Waals surface area contributed by atoms with Crippen LogP contribution in [-0.4, -0.2) is 38.4 Å². The molecule has 5 nitrogen and oxygen atoms in total. The monoisotopic (exact) mass is 326 g/mol. The van der Waals surface area contributed by atoms with E-state index in [1.54, 1.807) is 0 Å². The van der Waals surface area contributed by atoms with Gasteiger partial charge in [-0.3, -0.25) is 9.59 Å². The summed E-state index contributed by atoms with van der Waals surface area (Å²) in [6, 6.07) is 0. The van der Waals surface area contributed by atoms with Gasteiger partial charge < -0.3 is 14.2 Å². The molecule has 0 aromatic carbocycles. The average Bonchev–Trinajstić information content (AvgIpc) is 2.97. The third kappa shape index (κ3) is 2.67. The third-order valence-electron chi connectivity index (χ3n) is 6.09. The van der Waals surface area contributed by atoms with E-state index in [4.69, 9.17) is 14.2 Å². The molecule has 5 atom stereocenters. The fraction of sp³-hybridized carbons (Fsp3) is 0.889. The molecule has 5 heteroatoms. The van der Waals surface area contributed by atoms with Gasteiger partial charge in [-0.2, -0.15) is 0 Å². The Morgan fingerprint density at radius 1 is 1.04 bits per heavy atom. The van der Waals surface area contributed by atoms with Crippen LogP contribution >= 0.6 is 0 Å². The number of carbonyl (C=O) groups excluding carboxylic acids is 2. The summed E-state index contributed by atoms with van der Waals surface area (Å²) in [5.74, 6) is -0.180. The molecule has 2 fully saturated rings. The molecule has 0 saturated heterocycles. The molecule has 0 radical (unpaired) electrons. The number of methoxy groups -OCH3 is 2. The predicted octanol–water partition coefficient (Wildman–Crippen LogP) is 2.67. The number of hydrogen-bond donors (Lipinski definition) is 0. The lowest BCUT2D eigenvalue weighted by molar-refractivity contribution is -0.187. The zero-order valence-corrected chi connectivity index (χ0v) is 15.3. The highest BCUT2D eigenvalue weighted by atomic mass is 16.5. The molecule has 2 rings (SSSR count). The highest BCUT2D eigenvalue weighted by Gasteiger charge is 2.71. The zero-order chi connectivity index (χ0) is 17.6. The number of hydrogen-bond acceptors (Lipinski definition) is 5. The van der Waals surface area contributed by atoms with Crippen molar-refractivity contribution >= 4 is 11.9 Å². The first-order valence-corrected chi connectivity index (χ1v) is 8.42. The summed E-state index contributed by atoms with van der Waals surface area (Å²) in [5.41, 5.74) is -1.56. The summed E-state index contributed by atoms with van der Waals surface area (Å²) in [6.07, 6.45) is 0.852. The minimum absolute atomic E-state index is 0.0454. The van der Waals surface area contributed by atoms with E-state index in [1.165, 1.54) is 14.2 Å². The minimum Gasteiger partial charge on any atom is -0.468 e. The number of esters is 2. The summed E-state index contributed by atoms with van der Waals surface area (Å²) in [6.45, 7) is 10.6. The van der Waals surface area contributed by atoms with E-state index in [9.17, 15) is 9.59 Å². The number of ether oxygens (including phenoxy) is 3. The molecule has 23 heavy (non-hydrogen) atoms. The Morgan fingerprint density at radius 2 is 1.57 bits per heavy atom. The van der Waals surface area contributed by atoms with E-state index in [0.29, 0.717) is 12.5 Å². The largest absolute Gasteiger partial charge is 0.468 e. The molecule has 0 spiro atoms. The maximum Gasteiger partial charge on any atom is 0.323 e. The lowest BCUT2D eigenvalue weighted by Gasteiger charge is -2.44. The van der Waals surface area contributed by atoms with Gasteiger partial charge in [-0.15, -0.1) is 0 Å².